The predicted molar refractivity (Wildman–Crippen MR) is 76.2 cm³/mol. The molecule has 0 aliphatic carbocycles. The van der Waals surface area contributed by atoms with E-state index in [2.05, 4.69) is 20.9 Å². The van der Waals surface area contributed by atoms with Gasteiger partial charge in [-0.15, -0.1) is 11.3 Å². The molecule has 18 heavy (non-hydrogen) atoms. The molecule has 0 aliphatic heterocycles. The number of rotatable bonds is 4. The molecular weight excluding hydrogens is 314 g/mol. The van der Waals surface area contributed by atoms with Crippen LogP contribution in [0, 0.1) is 6.92 Å². The number of methoxy groups -OCH3 is 1. The fourth-order valence-electron chi connectivity index (χ4n) is 1.67. The summed E-state index contributed by atoms with van der Waals surface area (Å²) >= 11 is 4.99. The van der Waals surface area contributed by atoms with E-state index in [1.54, 1.807) is 18.4 Å². The molecule has 0 saturated carbocycles. The van der Waals surface area contributed by atoms with Gasteiger partial charge in [-0.3, -0.25) is 0 Å². The van der Waals surface area contributed by atoms with E-state index in [1.165, 1.54) is 0 Å². The van der Waals surface area contributed by atoms with E-state index in [4.69, 9.17) is 4.74 Å². The third-order valence-corrected chi connectivity index (χ3v) is 4.20. The number of ether oxygens (including phenoxy) is 1. The second-order valence-electron chi connectivity index (χ2n) is 4.00. The van der Waals surface area contributed by atoms with Crippen molar-refractivity contribution in [3.05, 3.63) is 44.3 Å². The number of hydrogen-bond donors (Lipinski definition) is 1. The number of nitrogens with zero attached hydrogens (tertiary/aromatic N) is 1. The second kappa shape index (κ2) is 5.82. The number of thiazole rings is 1. The van der Waals surface area contributed by atoms with Crippen LogP contribution in [0.3, 0.4) is 0 Å². The van der Waals surface area contributed by atoms with E-state index in [0.29, 0.717) is 6.42 Å². The molecule has 0 fully saturated rings. The molecule has 0 bridgehead atoms. The number of aromatic nitrogens is 1. The smallest absolute Gasteiger partial charge is 0.133 e. The molecule has 2 aromatic rings. The molecule has 0 spiro atoms. The summed E-state index contributed by atoms with van der Waals surface area (Å²) in [7, 11) is 1.62. The van der Waals surface area contributed by atoms with Crippen LogP contribution in [0.2, 0.25) is 0 Å². The highest BCUT2D eigenvalue weighted by Crippen LogP contribution is 2.29. The molecule has 0 radical (unpaired) electrons. The van der Waals surface area contributed by atoms with E-state index >= 15 is 0 Å². The Balaban J connectivity index is 2.13. The molecule has 3 nitrogen and oxygen atoms in total. The fourth-order valence-corrected chi connectivity index (χ4v) is 3.04. The number of halogens is 1. The van der Waals surface area contributed by atoms with E-state index in [0.717, 1.165) is 26.5 Å². The minimum atomic E-state index is -0.544. The lowest BCUT2D eigenvalue weighted by molar-refractivity contribution is 0.178. The Morgan fingerprint density at radius 2 is 2.28 bits per heavy atom. The minimum Gasteiger partial charge on any atom is -0.496 e. The Morgan fingerprint density at radius 1 is 1.50 bits per heavy atom. The van der Waals surface area contributed by atoms with Crippen molar-refractivity contribution in [1.82, 2.24) is 4.98 Å². The monoisotopic (exact) mass is 327 g/mol. The number of aryl methyl sites for hydroxylation is 1. The SMILES string of the molecule is COc1ccc(C(O)Cc2nc(C)cs2)cc1Br. The van der Waals surface area contributed by atoms with Crippen molar-refractivity contribution < 1.29 is 9.84 Å². The predicted octanol–water partition coefficient (Wildman–Crippen LogP) is 3.50. The van der Waals surface area contributed by atoms with Gasteiger partial charge in [-0.05, 0) is 40.5 Å². The van der Waals surface area contributed by atoms with Crippen molar-refractivity contribution in [2.75, 3.05) is 7.11 Å². The van der Waals surface area contributed by atoms with Crippen LogP contribution in [0.25, 0.3) is 0 Å². The molecule has 0 amide bonds. The summed E-state index contributed by atoms with van der Waals surface area (Å²) in [6.45, 7) is 1.95. The van der Waals surface area contributed by atoms with Gasteiger partial charge in [0.1, 0.15) is 5.75 Å². The molecule has 5 heteroatoms. The summed E-state index contributed by atoms with van der Waals surface area (Å²) in [4.78, 5) is 4.35. The third-order valence-electron chi connectivity index (χ3n) is 2.60. The van der Waals surface area contributed by atoms with Crippen LogP contribution >= 0.6 is 27.3 Å². The largest absolute Gasteiger partial charge is 0.496 e. The lowest BCUT2D eigenvalue weighted by atomic mass is 10.1. The molecule has 1 N–H and O–H groups in total. The molecule has 1 heterocycles. The van der Waals surface area contributed by atoms with Gasteiger partial charge < -0.3 is 9.84 Å². The normalized spacial score (nSPS) is 12.4. The highest BCUT2D eigenvalue weighted by atomic mass is 79.9. The first-order valence-corrected chi connectivity index (χ1v) is 7.20. The van der Waals surface area contributed by atoms with Crippen LogP contribution in [-0.4, -0.2) is 17.2 Å². The fraction of sp³-hybridized carbons (Fsp3) is 0.308. The minimum absolute atomic E-state index is 0.539. The maximum atomic E-state index is 10.2. The number of aliphatic hydroxyl groups excluding tert-OH is 1. The first-order valence-electron chi connectivity index (χ1n) is 5.52. The number of aliphatic hydroxyl groups is 1. The van der Waals surface area contributed by atoms with Crippen LogP contribution in [0.5, 0.6) is 5.75 Å². The van der Waals surface area contributed by atoms with Gasteiger partial charge in [-0.25, -0.2) is 4.98 Å². The number of hydrogen-bond acceptors (Lipinski definition) is 4. The van der Waals surface area contributed by atoms with Gasteiger partial charge in [0.05, 0.1) is 22.7 Å². The average Bonchev–Trinajstić information content (AvgIpc) is 2.74. The van der Waals surface area contributed by atoms with Crippen molar-refractivity contribution >= 4 is 27.3 Å². The summed E-state index contributed by atoms with van der Waals surface area (Å²) in [5.74, 6) is 0.760. The first-order chi connectivity index (χ1) is 8.60. The molecule has 1 atom stereocenters. The maximum absolute atomic E-state index is 10.2. The van der Waals surface area contributed by atoms with Crippen molar-refractivity contribution in [3.63, 3.8) is 0 Å². The Bertz CT molecular complexity index is 542. The maximum Gasteiger partial charge on any atom is 0.133 e. The Hall–Kier alpha value is -0.910. The summed E-state index contributed by atoms with van der Waals surface area (Å²) in [6, 6.07) is 5.59. The average molecular weight is 328 g/mol. The third kappa shape index (κ3) is 3.10. The number of benzene rings is 1. The van der Waals surface area contributed by atoms with Gasteiger partial charge in [-0.2, -0.15) is 0 Å². The van der Waals surface area contributed by atoms with Crippen molar-refractivity contribution in [2.45, 2.75) is 19.4 Å². The molecule has 1 aromatic carbocycles. The van der Waals surface area contributed by atoms with E-state index in [9.17, 15) is 5.11 Å². The summed E-state index contributed by atoms with van der Waals surface area (Å²) in [5.41, 5.74) is 1.86. The van der Waals surface area contributed by atoms with Gasteiger partial charge >= 0.3 is 0 Å². The van der Waals surface area contributed by atoms with Gasteiger partial charge in [-0.1, -0.05) is 6.07 Å². The summed E-state index contributed by atoms with van der Waals surface area (Å²) in [6.07, 6.45) is -0.00478. The van der Waals surface area contributed by atoms with Crippen LogP contribution in [0.15, 0.2) is 28.1 Å². The Kier molecular flexibility index (Phi) is 4.37. The van der Waals surface area contributed by atoms with Gasteiger partial charge in [0, 0.05) is 17.5 Å². The van der Waals surface area contributed by atoms with Gasteiger partial charge in [0.15, 0.2) is 0 Å². The molecule has 1 unspecified atom stereocenters. The summed E-state index contributed by atoms with van der Waals surface area (Å²) < 4.78 is 6.01. The first kappa shape index (κ1) is 13.5. The molecule has 0 saturated heterocycles. The van der Waals surface area contributed by atoms with Crippen molar-refractivity contribution in [1.29, 1.82) is 0 Å². The van der Waals surface area contributed by atoms with Crippen molar-refractivity contribution in [2.24, 2.45) is 0 Å². The Labute approximate surface area is 119 Å². The van der Waals surface area contributed by atoms with Crippen LogP contribution in [0.1, 0.15) is 22.4 Å². The zero-order valence-electron chi connectivity index (χ0n) is 10.2. The topological polar surface area (TPSA) is 42.4 Å². The standard InChI is InChI=1S/C13H14BrNO2S/c1-8-7-18-13(15-8)6-11(16)9-3-4-12(17-2)10(14)5-9/h3-5,7,11,16H,6H2,1-2H3. The van der Waals surface area contributed by atoms with E-state index < -0.39 is 6.10 Å². The molecule has 96 valence electrons. The summed E-state index contributed by atoms with van der Waals surface area (Å²) in [5, 5.41) is 13.1. The van der Waals surface area contributed by atoms with Gasteiger partial charge in [0.2, 0.25) is 0 Å². The van der Waals surface area contributed by atoms with Crippen LogP contribution < -0.4 is 4.74 Å². The highest BCUT2D eigenvalue weighted by Gasteiger charge is 2.12. The second-order valence-corrected chi connectivity index (χ2v) is 5.79. The van der Waals surface area contributed by atoms with E-state index in [1.807, 2.05) is 30.5 Å². The quantitative estimate of drug-likeness (QED) is 0.934. The lowest BCUT2D eigenvalue weighted by Gasteiger charge is -2.11. The molecule has 1 aromatic heterocycles. The highest BCUT2D eigenvalue weighted by molar-refractivity contribution is 9.10. The van der Waals surface area contributed by atoms with Crippen LogP contribution in [-0.2, 0) is 6.42 Å². The lowest BCUT2D eigenvalue weighted by Crippen LogP contribution is -2.02. The zero-order chi connectivity index (χ0) is 13.1. The molecule has 0 aliphatic rings. The van der Waals surface area contributed by atoms with Gasteiger partial charge in [0.25, 0.3) is 0 Å². The van der Waals surface area contributed by atoms with E-state index in [-0.39, 0.29) is 0 Å². The Morgan fingerprint density at radius 3 is 2.83 bits per heavy atom. The van der Waals surface area contributed by atoms with Crippen LogP contribution in [0.4, 0.5) is 0 Å². The molecule has 2 rings (SSSR count). The molecular formula is C13H14BrNO2S. The van der Waals surface area contributed by atoms with Crippen molar-refractivity contribution in [3.8, 4) is 5.75 Å². The zero-order valence-corrected chi connectivity index (χ0v) is 12.6.